The van der Waals surface area contributed by atoms with E-state index in [-0.39, 0.29) is 0 Å². The van der Waals surface area contributed by atoms with Crippen LogP contribution in [0.3, 0.4) is 0 Å². The molecular weight excluding hydrogens is 402 g/mol. The summed E-state index contributed by atoms with van der Waals surface area (Å²) >= 11 is 0. The van der Waals surface area contributed by atoms with Crippen LogP contribution in [0.4, 0.5) is 17.1 Å². The Kier molecular flexibility index (Phi) is 5.69. The van der Waals surface area contributed by atoms with E-state index in [1.807, 2.05) is 48.8 Å². The summed E-state index contributed by atoms with van der Waals surface area (Å²) in [7, 11) is 0. The number of hydrogen-bond donors (Lipinski definition) is 0. The number of anilines is 3. The summed E-state index contributed by atoms with van der Waals surface area (Å²) in [6.07, 6.45) is 3.67. The van der Waals surface area contributed by atoms with Crippen molar-refractivity contribution in [2.75, 3.05) is 4.90 Å². The summed E-state index contributed by atoms with van der Waals surface area (Å²) in [5.41, 5.74) is 9.72. The van der Waals surface area contributed by atoms with Crippen LogP contribution in [0.5, 0.6) is 0 Å². The summed E-state index contributed by atoms with van der Waals surface area (Å²) in [6, 6.07) is 35.9. The van der Waals surface area contributed by atoms with E-state index in [0.29, 0.717) is 0 Å². The quantitative estimate of drug-likeness (QED) is 0.285. The Labute approximate surface area is 195 Å². The van der Waals surface area contributed by atoms with E-state index >= 15 is 0 Å². The van der Waals surface area contributed by atoms with Gasteiger partial charge in [0.2, 0.25) is 0 Å². The predicted molar refractivity (Wildman–Crippen MR) is 137 cm³/mol. The average molecular weight is 428 g/mol. The molecule has 5 aromatic rings. The zero-order valence-electron chi connectivity index (χ0n) is 18.8. The van der Waals surface area contributed by atoms with Crippen molar-refractivity contribution in [3.05, 3.63) is 127 Å². The molecule has 160 valence electrons. The first-order chi connectivity index (χ1) is 16.2. The summed E-state index contributed by atoms with van der Waals surface area (Å²) in [5, 5.41) is 0. The maximum absolute atomic E-state index is 4.61. The number of hydrogen-bond acceptors (Lipinski definition) is 3. The number of nitrogens with zero attached hydrogens (tertiary/aromatic N) is 3. The highest BCUT2D eigenvalue weighted by Crippen LogP contribution is 2.39. The van der Waals surface area contributed by atoms with E-state index in [1.54, 1.807) is 0 Å². The maximum Gasteiger partial charge on any atom is 0.0702 e. The van der Waals surface area contributed by atoms with Crippen LogP contribution < -0.4 is 4.90 Å². The van der Waals surface area contributed by atoms with Gasteiger partial charge in [-0.2, -0.15) is 0 Å². The van der Waals surface area contributed by atoms with Crippen molar-refractivity contribution in [3.8, 4) is 22.5 Å². The highest BCUT2D eigenvalue weighted by molar-refractivity contribution is 5.83. The van der Waals surface area contributed by atoms with Gasteiger partial charge in [0, 0.05) is 40.6 Å². The zero-order valence-corrected chi connectivity index (χ0v) is 18.8. The molecule has 0 N–H and O–H groups in total. The lowest BCUT2D eigenvalue weighted by Gasteiger charge is -2.27. The normalized spacial score (nSPS) is 10.7. The number of benzene rings is 3. The average Bonchev–Trinajstić information content (AvgIpc) is 2.87. The molecule has 0 aliphatic heterocycles. The Bertz CT molecular complexity index is 1240. The molecule has 33 heavy (non-hydrogen) atoms. The van der Waals surface area contributed by atoms with Gasteiger partial charge in [-0.3, -0.25) is 9.97 Å². The first-order valence-corrected chi connectivity index (χ1v) is 11.1. The summed E-state index contributed by atoms with van der Waals surface area (Å²) in [5.74, 6) is 0. The Balaban J connectivity index is 1.74. The van der Waals surface area contributed by atoms with Gasteiger partial charge in [0.15, 0.2) is 0 Å². The highest BCUT2D eigenvalue weighted by atomic mass is 15.1. The smallest absolute Gasteiger partial charge is 0.0702 e. The molecule has 0 spiro atoms. The topological polar surface area (TPSA) is 29.0 Å². The van der Waals surface area contributed by atoms with Crippen molar-refractivity contribution in [3.63, 3.8) is 0 Å². The van der Waals surface area contributed by atoms with Gasteiger partial charge >= 0.3 is 0 Å². The number of aryl methyl sites for hydroxylation is 2. The van der Waals surface area contributed by atoms with Gasteiger partial charge in [-0.15, -0.1) is 0 Å². The van der Waals surface area contributed by atoms with Crippen LogP contribution in [-0.4, -0.2) is 9.97 Å². The maximum atomic E-state index is 4.61. The Hall–Kier alpha value is -4.24. The molecule has 0 saturated carbocycles. The lowest BCUT2D eigenvalue weighted by Crippen LogP contribution is -2.10. The van der Waals surface area contributed by atoms with Crippen molar-refractivity contribution in [1.29, 1.82) is 0 Å². The number of aromatic nitrogens is 2. The van der Waals surface area contributed by atoms with E-state index in [1.165, 1.54) is 11.1 Å². The molecule has 0 aliphatic rings. The fourth-order valence-corrected chi connectivity index (χ4v) is 3.94. The minimum atomic E-state index is 0.935. The fraction of sp³-hybridized carbons (Fsp3) is 0.0667. The highest BCUT2D eigenvalue weighted by Gasteiger charge is 2.16. The molecule has 0 bridgehead atoms. The van der Waals surface area contributed by atoms with E-state index in [0.717, 1.165) is 39.6 Å². The van der Waals surface area contributed by atoms with Crippen LogP contribution in [0.15, 0.2) is 116 Å². The van der Waals surface area contributed by atoms with E-state index in [2.05, 4.69) is 95.4 Å². The van der Waals surface area contributed by atoms with Crippen molar-refractivity contribution >= 4 is 17.1 Å². The largest absolute Gasteiger partial charge is 0.310 e. The second-order valence-corrected chi connectivity index (χ2v) is 8.21. The summed E-state index contributed by atoms with van der Waals surface area (Å²) in [6.45, 7) is 4.22. The third kappa shape index (κ3) is 4.53. The van der Waals surface area contributed by atoms with Gasteiger partial charge in [0.25, 0.3) is 0 Å². The van der Waals surface area contributed by atoms with Crippen molar-refractivity contribution < 1.29 is 0 Å². The molecule has 0 amide bonds. The van der Waals surface area contributed by atoms with Crippen molar-refractivity contribution in [2.45, 2.75) is 13.8 Å². The number of rotatable bonds is 5. The lowest BCUT2D eigenvalue weighted by molar-refractivity contribution is 1.25. The molecule has 5 rings (SSSR count). The molecule has 3 nitrogen and oxygen atoms in total. The van der Waals surface area contributed by atoms with Crippen LogP contribution in [0.2, 0.25) is 0 Å². The van der Waals surface area contributed by atoms with Crippen LogP contribution in [-0.2, 0) is 0 Å². The minimum absolute atomic E-state index is 0.935. The predicted octanol–water partition coefficient (Wildman–Crippen LogP) is 7.90. The molecule has 0 aliphatic carbocycles. The SMILES string of the molecule is Cc1ccc(N(c2ccc(C)cc2)c2cc(-c3ccccn3)cc(-c3ccccn3)c2)cc1. The molecule has 3 aromatic carbocycles. The molecule has 0 radical (unpaired) electrons. The second kappa shape index (κ2) is 9.09. The molecule has 2 heterocycles. The van der Waals surface area contributed by atoms with Crippen molar-refractivity contribution in [2.24, 2.45) is 0 Å². The van der Waals surface area contributed by atoms with Crippen LogP contribution >= 0.6 is 0 Å². The van der Waals surface area contributed by atoms with Crippen molar-refractivity contribution in [1.82, 2.24) is 9.97 Å². The van der Waals surface area contributed by atoms with Gasteiger partial charge in [-0.25, -0.2) is 0 Å². The Morgan fingerprint density at radius 3 is 1.33 bits per heavy atom. The Morgan fingerprint density at radius 1 is 0.485 bits per heavy atom. The van der Waals surface area contributed by atoms with Gasteiger partial charge < -0.3 is 4.90 Å². The first-order valence-electron chi connectivity index (χ1n) is 11.1. The fourth-order valence-electron chi connectivity index (χ4n) is 3.94. The molecule has 0 unspecified atom stereocenters. The van der Waals surface area contributed by atoms with Crippen LogP contribution in [0.25, 0.3) is 22.5 Å². The van der Waals surface area contributed by atoms with E-state index < -0.39 is 0 Å². The summed E-state index contributed by atoms with van der Waals surface area (Å²) < 4.78 is 0. The van der Waals surface area contributed by atoms with Crippen LogP contribution in [0.1, 0.15) is 11.1 Å². The minimum Gasteiger partial charge on any atom is -0.310 e. The zero-order chi connectivity index (χ0) is 22.6. The molecular formula is C30H25N3. The van der Waals surface area contributed by atoms with E-state index in [9.17, 15) is 0 Å². The third-order valence-corrected chi connectivity index (χ3v) is 5.68. The van der Waals surface area contributed by atoms with Crippen LogP contribution in [0, 0.1) is 13.8 Å². The monoisotopic (exact) mass is 427 g/mol. The second-order valence-electron chi connectivity index (χ2n) is 8.21. The van der Waals surface area contributed by atoms with E-state index in [4.69, 9.17) is 0 Å². The molecule has 0 fully saturated rings. The lowest BCUT2D eigenvalue weighted by atomic mass is 10.0. The molecule has 2 aromatic heterocycles. The van der Waals surface area contributed by atoms with Gasteiger partial charge in [0.1, 0.15) is 0 Å². The third-order valence-electron chi connectivity index (χ3n) is 5.68. The molecule has 0 saturated heterocycles. The van der Waals surface area contributed by atoms with Gasteiger partial charge in [-0.05, 0) is 80.6 Å². The van der Waals surface area contributed by atoms with Gasteiger partial charge in [0.05, 0.1) is 11.4 Å². The Morgan fingerprint density at radius 2 is 0.939 bits per heavy atom. The number of pyridine rings is 2. The van der Waals surface area contributed by atoms with Gasteiger partial charge in [-0.1, -0.05) is 47.5 Å². The molecule has 3 heteroatoms. The first kappa shape index (κ1) is 20.7. The standard InChI is InChI=1S/C30H25N3/c1-22-9-13-26(14-10-22)33(27-15-11-23(2)12-16-27)28-20-24(29-7-3-5-17-31-29)19-25(21-28)30-8-4-6-18-32-30/h3-21H,1-2H3. The molecule has 0 atom stereocenters. The summed E-state index contributed by atoms with van der Waals surface area (Å²) in [4.78, 5) is 11.5.